The molecule has 4 heteroatoms. The van der Waals surface area contributed by atoms with Gasteiger partial charge in [0.25, 0.3) is 0 Å². The lowest BCUT2D eigenvalue weighted by Gasteiger charge is -2.26. The van der Waals surface area contributed by atoms with Crippen molar-refractivity contribution in [3.05, 3.63) is 125 Å². The summed E-state index contributed by atoms with van der Waals surface area (Å²) >= 11 is 0. The van der Waals surface area contributed by atoms with Crippen LogP contribution in [0.5, 0.6) is 0 Å². The number of benzene rings is 3. The second-order valence-electron chi connectivity index (χ2n) is 7.30. The van der Waals surface area contributed by atoms with Gasteiger partial charge in [-0.25, -0.2) is 6.57 Å². The number of ketones is 1. The zero-order valence-electron chi connectivity index (χ0n) is 16.1. The summed E-state index contributed by atoms with van der Waals surface area (Å²) < 4.78 is 0. The van der Waals surface area contributed by atoms with Crippen molar-refractivity contribution in [2.45, 2.75) is 17.6 Å². The van der Waals surface area contributed by atoms with E-state index in [9.17, 15) is 15.2 Å². The summed E-state index contributed by atoms with van der Waals surface area (Å²) in [4.78, 5) is 17.4. The van der Waals surface area contributed by atoms with Gasteiger partial charge < -0.3 is 5.11 Å². The molecule has 0 aromatic heterocycles. The molecule has 0 heterocycles. The van der Waals surface area contributed by atoms with Gasteiger partial charge in [0.15, 0.2) is 11.9 Å². The number of rotatable bonds is 4. The van der Waals surface area contributed by atoms with Crippen LogP contribution in [0.4, 0.5) is 0 Å². The third-order valence-corrected chi connectivity index (χ3v) is 5.54. The van der Waals surface area contributed by atoms with Gasteiger partial charge in [-0.1, -0.05) is 91.0 Å². The molecule has 2 atom stereocenters. The molecule has 144 valence electrons. The summed E-state index contributed by atoms with van der Waals surface area (Å²) in [5.74, 6) is -0.387. The van der Waals surface area contributed by atoms with E-state index in [2.05, 4.69) is 10.9 Å². The minimum Gasteiger partial charge on any atom is -0.380 e. The largest absolute Gasteiger partial charge is 0.380 e. The zero-order valence-corrected chi connectivity index (χ0v) is 16.1. The first-order chi connectivity index (χ1) is 14.6. The molecule has 0 fully saturated rings. The lowest BCUT2D eigenvalue weighted by Crippen LogP contribution is -2.32. The van der Waals surface area contributed by atoms with Gasteiger partial charge in [-0.05, 0) is 11.1 Å². The van der Waals surface area contributed by atoms with Gasteiger partial charge in [-0.3, -0.25) is 9.64 Å². The smallest absolute Gasteiger partial charge is 0.345 e. The Hall–Kier alpha value is -3.99. The van der Waals surface area contributed by atoms with Gasteiger partial charge in [0.2, 0.25) is 0 Å². The predicted octanol–water partition coefficient (Wildman–Crippen LogP) is 4.80. The molecule has 3 aromatic rings. The average molecular weight is 390 g/mol. The topological polar surface area (TPSA) is 65.4 Å². The Morgan fingerprint density at radius 1 is 0.933 bits per heavy atom. The van der Waals surface area contributed by atoms with Crippen molar-refractivity contribution in [2.24, 2.45) is 0 Å². The highest BCUT2D eigenvalue weighted by atomic mass is 16.3. The molecular weight excluding hydrogens is 372 g/mol. The number of hydrogen-bond acceptors (Lipinski definition) is 3. The van der Waals surface area contributed by atoms with E-state index in [1.807, 2.05) is 12.1 Å². The molecule has 1 aliphatic carbocycles. The number of carbonyl (C=O) groups excluding carboxylic acids is 1. The molecule has 4 rings (SSSR count). The molecule has 0 saturated carbocycles. The summed E-state index contributed by atoms with van der Waals surface area (Å²) in [6.45, 7) is 7.85. The highest BCUT2D eigenvalue weighted by Crippen LogP contribution is 2.54. The van der Waals surface area contributed by atoms with E-state index < -0.39 is 11.1 Å². The van der Waals surface area contributed by atoms with Gasteiger partial charge in [0.1, 0.15) is 5.60 Å². The van der Waals surface area contributed by atoms with Crippen LogP contribution in [0.2, 0.25) is 0 Å². The Morgan fingerprint density at radius 2 is 1.47 bits per heavy atom. The van der Waals surface area contributed by atoms with Crippen molar-refractivity contribution < 1.29 is 9.90 Å². The fourth-order valence-electron chi connectivity index (χ4n) is 4.16. The van der Waals surface area contributed by atoms with Crippen LogP contribution < -0.4 is 0 Å². The maximum Gasteiger partial charge on any atom is 0.345 e. The predicted molar refractivity (Wildman–Crippen MR) is 114 cm³/mol. The van der Waals surface area contributed by atoms with E-state index in [-0.39, 0.29) is 23.4 Å². The van der Waals surface area contributed by atoms with Crippen molar-refractivity contribution in [3.63, 3.8) is 0 Å². The minimum atomic E-state index is -1.76. The lowest BCUT2D eigenvalue weighted by molar-refractivity contribution is 0.0630. The molecule has 0 bridgehead atoms. The summed E-state index contributed by atoms with van der Waals surface area (Å²) in [6.07, 6.45) is -0.206. The fourth-order valence-corrected chi connectivity index (χ4v) is 4.16. The standard InChI is InChI=1S/C26H18N2O2/c1-28-25(18-27)17-26(30,21-15-9-4-10-16-21)23(22(25)19-11-5-2-6-12-19)24(29)20-13-7-3-8-14-20/h2-16,30H,17H2/t25?,26-/m1/s1. The second-order valence-corrected chi connectivity index (χ2v) is 7.30. The van der Waals surface area contributed by atoms with Crippen LogP contribution in [-0.2, 0) is 5.60 Å². The van der Waals surface area contributed by atoms with E-state index in [1.165, 1.54) is 0 Å². The third-order valence-electron chi connectivity index (χ3n) is 5.54. The molecule has 0 amide bonds. The minimum absolute atomic E-state index is 0.0867. The first-order valence-corrected chi connectivity index (χ1v) is 9.54. The zero-order chi connectivity index (χ0) is 21.2. The quantitative estimate of drug-likeness (QED) is 0.514. The Kier molecular flexibility index (Phi) is 4.80. The first kappa shape index (κ1) is 19.3. The maximum atomic E-state index is 13.7. The Bertz CT molecular complexity index is 1190. The molecule has 1 aliphatic rings. The Labute approximate surface area is 175 Å². The molecule has 3 aromatic carbocycles. The van der Waals surface area contributed by atoms with Gasteiger partial charge in [0.05, 0.1) is 12.0 Å². The summed E-state index contributed by atoms with van der Waals surface area (Å²) in [6, 6.07) is 28.5. The maximum absolute atomic E-state index is 13.7. The van der Waals surface area contributed by atoms with Gasteiger partial charge in [-0.15, -0.1) is 0 Å². The number of aliphatic hydroxyl groups is 1. The van der Waals surface area contributed by atoms with Crippen molar-refractivity contribution in [1.82, 2.24) is 0 Å². The van der Waals surface area contributed by atoms with Crippen LogP contribution in [0.1, 0.15) is 27.9 Å². The van der Waals surface area contributed by atoms with Crippen LogP contribution in [0, 0.1) is 17.9 Å². The van der Waals surface area contributed by atoms with E-state index in [4.69, 9.17) is 6.57 Å². The first-order valence-electron chi connectivity index (χ1n) is 9.54. The van der Waals surface area contributed by atoms with E-state index in [0.29, 0.717) is 16.7 Å². The molecule has 4 nitrogen and oxygen atoms in total. The molecule has 1 N–H and O–H groups in total. The Morgan fingerprint density at radius 3 is 2.00 bits per heavy atom. The molecule has 30 heavy (non-hydrogen) atoms. The number of Topliss-reactive ketones (excluding diaryl/α,β-unsaturated/α-hetero) is 1. The fraction of sp³-hybridized carbons (Fsp3) is 0.115. The second kappa shape index (κ2) is 7.44. The highest BCUT2D eigenvalue weighted by Gasteiger charge is 2.62. The molecule has 0 spiro atoms. The van der Waals surface area contributed by atoms with Gasteiger partial charge in [0, 0.05) is 11.1 Å². The number of carbonyl (C=O) groups is 1. The average Bonchev–Trinajstić information content (AvgIpc) is 3.10. The molecule has 0 saturated heterocycles. The summed E-state index contributed by atoms with van der Waals surface area (Å²) in [7, 11) is 0. The number of nitrogens with zero attached hydrogens (tertiary/aromatic N) is 2. The summed E-state index contributed by atoms with van der Waals surface area (Å²) in [5.41, 5.74) is -1.61. The Balaban J connectivity index is 2.09. The van der Waals surface area contributed by atoms with E-state index in [1.54, 1.807) is 78.9 Å². The number of hydrogen-bond donors (Lipinski definition) is 1. The van der Waals surface area contributed by atoms with Crippen molar-refractivity contribution in [2.75, 3.05) is 0 Å². The summed E-state index contributed by atoms with van der Waals surface area (Å²) in [5, 5.41) is 22.0. The SMILES string of the molecule is [C-]#[N+]C1(C#N)C[C@@](O)(c2ccccc2)C(C(=O)c2ccccc2)=C1c1ccccc1. The van der Waals surface area contributed by atoms with E-state index >= 15 is 0 Å². The van der Waals surface area contributed by atoms with Crippen LogP contribution in [0.3, 0.4) is 0 Å². The van der Waals surface area contributed by atoms with Crippen LogP contribution in [0.25, 0.3) is 10.4 Å². The van der Waals surface area contributed by atoms with Crippen LogP contribution >= 0.6 is 0 Å². The monoisotopic (exact) mass is 390 g/mol. The van der Waals surface area contributed by atoms with Crippen LogP contribution in [0.15, 0.2) is 96.6 Å². The molecular formula is C26H18N2O2. The van der Waals surface area contributed by atoms with Crippen molar-refractivity contribution in [3.8, 4) is 6.07 Å². The van der Waals surface area contributed by atoms with Gasteiger partial charge in [-0.2, -0.15) is 5.26 Å². The molecule has 1 unspecified atom stereocenters. The van der Waals surface area contributed by atoms with Crippen LogP contribution in [-0.4, -0.2) is 16.4 Å². The van der Waals surface area contributed by atoms with Crippen molar-refractivity contribution in [1.29, 1.82) is 5.26 Å². The van der Waals surface area contributed by atoms with Crippen molar-refractivity contribution >= 4 is 11.4 Å². The highest BCUT2D eigenvalue weighted by molar-refractivity contribution is 6.17. The normalized spacial score (nSPS) is 22.9. The molecule has 0 aliphatic heterocycles. The van der Waals surface area contributed by atoms with Gasteiger partial charge >= 0.3 is 5.54 Å². The number of nitriles is 1. The third kappa shape index (κ3) is 2.92. The van der Waals surface area contributed by atoms with E-state index in [0.717, 1.165) is 0 Å². The molecule has 0 radical (unpaired) electrons. The lowest BCUT2D eigenvalue weighted by atomic mass is 9.82.